The van der Waals surface area contributed by atoms with Gasteiger partial charge in [0.05, 0.1) is 10.8 Å². The van der Waals surface area contributed by atoms with Crippen LogP contribution in [0, 0.1) is 11.7 Å². The second kappa shape index (κ2) is 11.9. The van der Waals surface area contributed by atoms with E-state index in [4.69, 9.17) is 0 Å². The Morgan fingerprint density at radius 2 is 1.73 bits per heavy atom. The Morgan fingerprint density at radius 1 is 1.00 bits per heavy atom. The summed E-state index contributed by atoms with van der Waals surface area (Å²) in [6.45, 7) is 1.15. The molecule has 0 radical (unpaired) electrons. The van der Waals surface area contributed by atoms with Gasteiger partial charge in [0.25, 0.3) is 0 Å². The first-order valence-electron chi connectivity index (χ1n) is 11.2. The third-order valence-corrected chi connectivity index (χ3v) is 7.54. The number of piperidine rings is 1. The number of halogens is 1. The van der Waals surface area contributed by atoms with Crippen LogP contribution in [0.15, 0.2) is 59.5 Å². The number of hydrogen-bond acceptors (Lipinski definition) is 4. The van der Waals surface area contributed by atoms with Gasteiger partial charge >= 0.3 is 0 Å². The first-order chi connectivity index (χ1) is 15.9. The first kappa shape index (κ1) is 24.9. The van der Waals surface area contributed by atoms with Gasteiger partial charge in [-0.05, 0) is 55.5 Å². The number of carbonyl (C=O) groups is 2. The van der Waals surface area contributed by atoms with Gasteiger partial charge in [0.15, 0.2) is 0 Å². The highest BCUT2D eigenvalue weighted by Gasteiger charge is 2.33. The highest BCUT2D eigenvalue weighted by molar-refractivity contribution is 7.89. The largest absolute Gasteiger partial charge is 0.356 e. The Bertz CT molecular complexity index is 1030. The van der Waals surface area contributed by atoms with Crippen molar-refractivity contribution in [2.45, 2.75) is 37.0 Å². The third kappa shape index (κ3) is 7.36. The summed E-state index contributed by atoms with van der Waals surface area (Å²) in [6, 6.07) is 14.7. The molecule has 0 aliphatic carbocycles. The van der Waals surface area contributed by atoms with E-state index in [1.165, 1.54) is 22.0 Å². The zero-order chi connectivity index (χ0) is 23.7. The molecule has 9 heteroatoms. The summed E-state index contributed by atoms with van der Waals surface area (Å²) in [5.41, 5.74) is 1.22. The number of amides is 2. The van der Waals surface area contributed by atoms with Crippen LogP contribution in [0.4, 0.5) is 4.39 Å². The molecule has 1 saturated heterocycles. The van der Waals surface area contributed by atoms with Gasteiger partial charge in [0, 0.05) is 32.6 Å². The molecule has 1 atom stereocenters. The van der Waals surface area contributed by atoms with Crippen molar-refractivity contribution in [1.82, 2.24) is 14.9 Å². The van der Waals surface area contributed by atoms with E-state index in [-0.39, 0.29) is 36.2 Å². The Labute approximate surface area is 194 Å². The number of aryl methyl sites for hydroxylation is 1. The summed E-state index contributed by atoms with van der Waals surface area (Å²) in [7, 11) is -3.79. The van der Waals surface area contributed by atoms with Crippen LogP contribution in [-0.4, -0.2) is 50.7 Å². The fourth-order valence-corrected chi connectivity index (χ4v) is 5.35. The topological polar surface area (TPSA) is 95.6 Å². The second-order valence-corrected chi connectivity index (χ2v) is 10.1. The summed E-state index contributed by atoms with van der Waals surface area (Å²) in [5.74, 6) is -1.38. The number of benzene rings is 2. The number of nitrogens with one attached hydrogen (secondary N) is 2. The van der Waals surface area contributed by atoms with Crippen molar-refractivity contribution >= 4 is 21.8 Å². The van der Waals surface area contributed by atoms with Crippen molar-refractivity contribution in [1.29, 1.82) is 0 Å². The molecule has 7 nitrogen and oxygen atoms in total. The molecule has 2 aromatic carbocycles. The molecular weight excluding hydrogens is 445 g/mol. The van der Waals surface area contributed by atoms with E-state index in [9.17, 15) is 22.4 Å². The Hall–Kier alpha value is -2.78. The monoisotopic (exact) mass is 475 g/mol. The molecule has 0 aromatic heterocycles. The predicted octanol–water partition coefficient (Wildman–Crippen LogP) is 2.48. The lowest BCUT2D eigenvalue weighted by atomic mass is 9.99. The molecule has 1 aliphatic rings. The van der Waals surface area contributed by atoms with E-state index in [0.717, 1.165) is 25.0 Å². The Balaban J connectivity index is 1.38. The molecule has 0 unspecified atom stereocenters. The molecule has 1 fully saturated rings. The van der Waals surface area contributed by atoms with E-state index in [0.29, 0.717) is 25.9 Å². The normalized spacial score (nSPS) is 16.8. The number of sulfonamides is 1. The van der Waals surface area contributed by atoms with Crippen LogP contribution >= 0.6 is 0 Å². The van der Waals surface area contributed by atoms with E-state index >= 15 is 0 Å². The average molecular weight is 476 g/mol. The summed E-state index contributed by atoms with van der Waals surface area (Å²) < 4.78 is 40.0. The predicted molar refractivity (Wildman–Crippen MR) is 123 cm³/mol. The highest BCUT2D eigenvalue weighted by atomic mass is 32.2. The number of nitrogens with zero attached hydrogens (tertiary/aromatic N) is 1. The number of hydrogen-bond donors (Lipinski definition) is 2. The van der Waals surface area contributed by atoms with Crippen molar-refractivity contribution in [3.8, 4) is 0 Å². The third-order valence-electron chi connectivity index (χ3n) is 5.66. The van der Waals surface area contributed by atoms with Crippen molar-refractivity contribution < 1.29 is 22.4 Å². The zero-order valence-corrected chi connectivity index (χ0v) is 19.3. The number of carbonyl (C=O) groups excluding carboxylic acids is 2. The Morgan fingerprint density at radius 3 is 2.45 bits per heavy atom. The van der Waals surface area contributed by atoms with E-state index in [1.807, 2.05) is 18.2 Å². The van der Waals surface area contributed by atoms with Gasteiger partial charge in [0.2, 0.25) is 21.8 Å². The molecule has 2 aromatic rings. The maximum atomic E-state index is 13.1. The minimum absolute atomic E-state index is 0.00823. The highest BCUT2D eigenvalue weighted by Crippen LogP contribution is 2.24. The lowest BCUT2D eigenvalue weighted by Gasteiger charge is -2.31. The molecular formula is C24H30FN3O4S. The molecule has 0 bridgehead atoms. The van der Waals surface area contributed by atoms with Gasteiger partial charge in [-0.25, -0.2) is 12.8 Å². The average Bonchev–Trinajstić information content (AvgIpc) is 2.83. The van der Waals surface area contributed by atoms with Crippen molar-refractivity contribution in [3.05, 3.63) is 66.0 Å². The van der Waals surface area contributed by atoms with Crippen LogP contribution < -0.4 is 10.6 Å². The summed E-state index contributed by atoms with van der Waals surface area (Å²) in [4.78, 5) is 24.5. The summed E-state index contributed by atoms with van der Waals surface area (Å²) >= 11 is 0. The molecule has 3 rings (SSSR count). The molecule has 1 heterocycles. The van der Waals surface area contributed by atoms with Crippen LogP contribution in [0.2, 0.25) is 0 Å². The fourth-order valence-electron chi connectivity index (χ4n) is 3.83. The van der Waals surface area contributed by atoms with Crippen LogP contribution in [0.25, 0.3) is 0 Å². The van der Waals surface area contributed by atoms with Crippen molar-refractivity contribution in [2.75, 3.05) is 26.2 Å². The first-order valence-corrected chi connectivity index (χ1v) is 12.6. The lowest BCUT2D eigenvalue weighted by Crippen LogP contribution is -2.45. The Kier molecular flexibility index (Phi) is 8.96. The van der Waals surface area contributed by atoms with Crippen LogP contribution in [-0.2, 0) is 26.0 Å². The maximum absolute atomic E-state index is 13.1. The van der Waals surface area contributed by atoms with Gasteiger partial charge in [-0.1, -0.05) is 30.3 Å². The minimum atomic E-state index is -3.79. The fraction of sp³-hybridized carbons (Fsp3) is 0.417. The molecule has 33 heavy (non-hydrogen) atoms. The molecule has 0 saturated carbocycles. The molecule has 2 amide bonds. The minimum Gasteiger partial charge on any atom is -0.356 e. The van der Waals surface area contributed by atoms with Crippen LogP contribution in [0.1, 0.15) is 31.2 Å². The van der Waals surface area contributed by atoms with Gasteiger partial charge in [0.1, 0.15) is 5.82 Å². The summed E-state index contributed by atoms with van der Waals surface area (Å²) in [5, 5.41) is 5.60. The van der Waals surface area contributed by atoms with Crippen molar-refractivity contribution in [3.63, 3.8) is 0 Å². The van der Waals surface area contributed by atoms with Gasteiger partial charge < -0.3 is 10.6 Å². The number of rotatable bonds is 10. The van der Waals surface area contributed by atoms with E-state index in [2.05, 4.69) is 22.8 Å². The van der Waals surface area contributed by atoms with Gasteiger partial charge in [-0.3, -0.25) is 9.59 Å². The SMILES string of the molecule is O=C(CCNC(=O)[C@@H]1CCCN(S(=O)(=O)c2ccc(F)cc2)C1)NCCCc1ccccc1. The lowest BCUT2D eigenvalue weighted by molar-refractivity contribution is -0.126. The van der Waals surface area contributed by atoms with E-state index < -0.39 is 21.8 Å². The molecule has 178 valence electrons. The second-order valence-electron chi connectivity index (χ2n) is 8.14. The summed E-state index contributed by atoms with van der Waals surface area (Å²) in [6.07, 6.45) is 3.02. The molecule has 0 spiro atoms. The zero-order valence-electron chi connectivity index (χ0n) is 18.5. The quantitative estimate of drug-likeness (QED) is 0.516. The van der Waals surface area contributed by atoms with Crippen molar-refractivity contribution in [2.24, 2.45) is 5.92 Å². The maximum Gasteiger partial charge on any atom is 0.243 e. The molecule has 1 aliphatic heterocycles. The van der Waals surface area contributed by atoms with E-state index in [1.54, 1.807) is 0 Å². The standard InChI is InChI=1S/C24H30FN3O4S/c25-21-10-12-22(13-11-21)33(31,32)28-17-5-9-20(18-28)24(30)27-16-14-23(29)26-15-4-8-19-6-2-1-3-7-19/h1-3,6-7,10-13,20H,4-5,8-9,14-18H2,(H,26,29)(H,27,30)/t20-/m1/s1. The molecule has 2 N–H and O–H groups in total. The van der Waals surface area contributed by atoms with Gasteiger partial charge in [-0.2, -0.15) is 4.31 Å². The van der Waals surface area contributed by atoms with Gasteiger partial charge in [-0.15, -0.1) is 0 Å². The smallest absolute Gasteiger partial charge is 0.243 e. The van der Waals surface area contributed by atoms with Crippen LogP contribution in [0.5, 0.6) is 0 Å². The van der Waals surface area contributed by atoms with Crippen LogP contribution in [0.3, 0.4) is 0 Å².